The number of rotatable bonds is 5. The Balaban J connectivity index is 1.85. The lowest BCUT2D eigenvalue weighted by atomic mass is 10.2. The third-order valence-electron chi connectivity index (χ3n) is 2.21. The summed E-state index contributed by atoms with van der Waals surface area (Å²) in [7, 11) is 1.62. The summed E-state index contributed by atoms with van der Waals surface area (Å²) in [6.45, 7) is 1.54. The van der Waals surface area contributed by atoms with Crippen LogP contribution >= 0.6 is 0 Å². The molecule has 0 atom stereocenters. The molecule has 0 spiro atoms. The molecule has 84 valence electrons. The van der Waals surface area contributed by atoms with Gasteiger partial charge in [0.15, 0.2) is 0 Å². The highest BCUT2D eigenvalue weighted by atomic mass is 16.5. The first kappa shape index (κ1) is 10.6. The van der Waals surface area contributed by atoms with Gasteiger partial charge in [0.1, 0.15) is 0 Å². The minimum Gasteiger partial charge on any atom is -0.481 e. The molecule has 0 amide bonds. The highest BCUT2D eigenvalue weighted by molar-refractivity contribution is 5.20. The van der Waals surface area contributed by atoms with Crippen molar-refractivity contribution in [2.45, 2.75) is 13.1 Å². The Morgan fingerprint density at radius 1 is 1.44 bits per heavy atom. The maximum atomic E-state index is 5.05. The van der Waals surface area contributed by atoms with Crippen LogP contribution in [0.5, 0.6) is 5.88 Å². The summed E-state index contributed by atoms with van der Waals surface area (Å²) in [4.78, 5) is 11.0. The summed E-state index contributed by atoms with van der Waals surface area (Å²) in [6, 6.07) is 3.88. The molecule has 0 aliphatic heterocycles. The maximum absolute atomic E-state index is 5.05. The fourth-order valence-corrected chi connectivity index (χ4v) is 1.39. The number of H-pyrrole nitrogens is 1. The summed E-state index contributed by atoms with van der Waals surface area (Å²) in [5, 5.41) is 3.30. The fraction of sp³-hybridized carbons (Fsp3) is 0.273. The van der Waals surface area contributed by atoms with Crippen LogP contribution in [0.2, 0.25) is 0 Å². The number of ether oxygens (including phenoxy) is 1. The van der Waals surface area contributed by atoms with E-state index in [9.17, 15) is 0 Å². The van der Waals surface area contributed by atoms with Gasteiger partial charge in [-0.25, -0.2) is 9.97 Å². The topological polar surface area (TPSA) is 62.8 Å². The largest absolute Gasteiger partial charge is 0.481 e. The number of aromatic nitrogens is 3. The molecule has 2 N–H and O–H groups in total. The third-order valence-corrected chi connectivity index (χ3v) is 2.21. The molecular weight excluding hydrogens is 204 g/mol. The number of nitrogens with zero attached hydrogens (tertiary/aromatic N) is 2. The number of imidazole rings is 1. The van der Waals surface area contributed by atoms with Gasteiger partial charge in [0, 0.05) is 37.2 Å². The van der Waals surface area contributed by atoms with E-state index in [0.717, 1.165) is 24.3 Å². The molecule has 2 aromatic heterocycles. The Bertz CT molecular complexity index is 427. The van der Waals surface area contributed by atoms with Crippen molar-refractivity contribution in [3.63, 3.8) is 0 Å². The number of hydrogen-bond donors (Lipinski definition) is 2. The van der Waals surface area contributed by atoms with E-state index in [1.54, 1.807) is 25.8 Å². The zero-order chi connectivity index (χ0) is 11.2. The van der Waals surface area contributed by atoms with Crippen LogP contribution in [0.15, 0.2) is 30.9 Å². The van der Waals surface area contributed by atoms with E-state index in [-0.39, 0.29) is 0 Å². The van der Waals surface area contributed by atoms with Crippen LogP contribution in [0.1, 0.15) is 11.3 Å². The molecule has 0 aliphatic carbocycles. The predicted octanol–water partition coefficient (Wildman–Crippen LogP) is 1.10. The van der Waals surface area contributed by atoms with Crippen LogP contribution < -0.4 is 10.1 Å². The standard InChI is InChI=1S/C11H14N4O/c1-16-11-4-9(2-3-14-11)5-12-6-10-7-13-8-15-10/h2-4,7-8,12H,5-6H2,1H3,(H,13,15). The second-order valence-electron chi connectivity index (χ2n) is 3.39. The number of aromatic amines is 1. The van der Waals surface area contributed by atoms with Crippen molar-refractivity contribution >= 4 is 0 Å². The van der Waals surface area contributed by atoms with Gasteiger partial charge in [0.25, 0.3) is 0 Å². The van der Waals surface area contributed by atoms with Crippen LogP contribution in [0, 0.1) is 0 Å². The molecule has 0 saturated carbocycles. The first-order valence-corrected chi connectivity index (χ1v) is 5.05. The first-order chi connectivity index (χ1) is 7.88. The molecule has 2 rings (SSSR count). The summed E-state index contributed by atoms with van der Waals surface area (Å²) in [5.74, 6) is 0.640. The van der Waals surface area contributed by atoms with Crippen molar-refractivity contribution in [2.24, 2.45) is 0 Å². The van der Waals surface area contributed by atoms with Gasteiger partial charge in [-0.3, -0.25) is 0 Å². The zero-order valence-electron chi connectivity index (χ0n) is 9.10. The predicted molar refractivity (Wildman–Crippen MR) is 59.9 cm³/mol. The average Bonchev–Trinajstić information content (AvgIpc) is 2.82. The highest BCUT2D eigenvalue weighted by Gasteiger charge is 1.97. The third kappa shape index (κ3) is 2.80. The van der Waals surface area contributed by atoms with Crippen molar-refractivity contribution in [1.82, 2.24) is 20.3 Å². The Labute approximate surface area is 93.9 Å². The Hall–Kier alpha value is -1.88. The zero-order valence-corrected chi connectivity index (χ0v) is 9.10. The van der Waals surface area contributed by atoms with Crippen LogP contribution in [0.4, 0.5) is 0 Å². The SMILES string of the molecule is COc1cc(CNCc2cnc[nH]2)ccn1. The normalized spacial score (nSPS) is 10.3. The van der Waals surface area contributed by atoms with Gasteiger partial charge in [-0.2, -0.15) is 0 Å². The lowest BCUT2D eigenvalue weighted by molar-refractivity contribution is 0.397. The second kappa shape index (κ2) is 5.27. The molecular formula is C11H14N4O. The van der Waals surface area contributed by atoms with Gasteiger partial charge >= 0.3 is 0 Å². The maximum Gasteiger partial charge on any atom is 0.213 e. The average molecular weight is 218 g/mol. The quantitative estimate of drug-likeness (QED) is 0.789. The number of pyridine rings is 1. The van der Waals surface area contributed by atoms with Crippen LogP contribution in [0.25, 0.3) is 0 Å². The van der Waals surface area contributed by atoms with Crippen molar-refractivity contribution < 1.29 is 4.74 Å². The van der Waals surface area contributed by atoms with Crippen LogP contribution in [0.3, 0.4) is 0 Å². The minimum atomic E-state index is 0.640. The van der Waals surface area contributed by atoms with Crippen LogP contribution in [-0.4, -0.2) is 22.1 Å². The van der Waals surface area contributed by atoms with E-state index in [0.29, 0.717) is 5.88 Å². The van der Waals surface area contributed by atoms with E-state index in [2.05, 4.69) is 20.3 Å². The number of hydrogen-bond acceptors (Lipinski definition) is 4. The molecule has 0 fully saturated rings. The molecule has 0 unspecified atom stereocenters. The monoisotopic (exact) mass is 218 g/mol. The molecule has 2 aromatic rings. The highest BCUT2D eigenvalue weighted by Crippen LogP contribution is 2.08. The van der Waals surface area contributed by atoms with E-state index in [1.165, 1.54) is 0 Å². The lowest BCUT2D eigenvalue weighted by Gasteiger charge is -2.04. The van der Waals surface area contributed by atoms with Gasteiger partial charge < -0.3 is 15.0 Å². The Morgan fingerprint density at radius 3 is 3.12 bits per heavy atom. The summed E-state index contributed by atoms with van der Waals surface area (Å²) in [5.41, 5.74) is 2.22. The van der Waals surface area contributed by atoms with E-state index < -0.39 is 0 Å². The Morgan fingerprint density at radius 2 is 2.38 bits per heavy atom. The van der Waals surface area contributed by atoms with Crippen molar-refractivity contribution in [3.05, 3.63) is 42.1 Å². The van der Waals surface area contributed by atoms with Gasteiger partial charge in [-0.05, 0) is 11.6 Å². The second-order valence-corrected chi connectivity index (χ2v) is 3.39. The van der Waals surface area contributed by atoms with Gasteiger partial charge in [-0.1, -0.05) is 0 Å². The molecule has 5 nitrogen and oxygen atoms in total. The fourth-order valence-electron chi connectivity index (χ4n) is 1.39. The lowest BCUT2D eigenvalue weighted by Crippen LogP contribution is -2.13. The van der Waals surface area contributed by atoms with Crippen molar-refractivity contribution in [3.8, 4) is 5.88 Å². The summed E-state index contributed by atoms with van der Waals surface area (Å²) >= 11 is 0. The Kier molecular flexibility index (Phi) is 3.50. The van der Waals surface area contributed by atoms with Gasteiger partial charge in [0.2, 0.25) is 5.88 Å². The van der Waals surface area contributed by atoms with E-state index >= 15 is 0 Å². The van der Waals surface area contributed by atoms with Gasteiger partial charge in [0.05, 0.1) is 13.4 Å². The summed E-state index contributed by atoms with van der Waals surface area (Å²) in [6.07, 6.45) is 5.22. The van der Waals surface area contributed by atoms with Crippen molar-refractivity contribution in [2.75, 3.05) is 7.11 Å². The van der Waals surface area contributed by atoms with E-state index in [4.69, 9.17) is 4.74 Å². The molecule has 0 aromatic carbocycles. The molecule has 0 saturated heterocycles. The smallest absolute Gasteiger partial charge is 0.213 e. The molecule has 16 heavy (non-hydrogen) atoms. The minimum absolute atomic E-state index is 0.640. The van der Waals surface area contributed by atoms with E-state index in [1.807, 2.05) is 12.1 Å². The molecule has 5 heteroatoms. The van der Waals surface area contributed by atoms with Crippen molar-refractivity contribution in [1.29, 1.82) is 0 Å². The molecule has 0 bridgehead atoms. The van der Waals surface area contributed by atoms with Gasteiger partial charge in [-0.15, -0.1) is 0 Å². The molecule has 0 aliphatic rings. The molecule has 0 radical (unpaired) electrons. The number of nitrogens with one attached hydrogen (secondary N) is 2. The summed E-state index contributed by atoms with van der Waals surface area (Å²) < 4.78 is 5.05. The first-order valence-electron chi connectivity index (χ1n) is 5.05. The number of methoxy groups -OCH3 is 1. The molecule has 2 heterocycles. The van der Waals surface area contributed by atoms with Crippen LogP contribution in [-0.2, 0) is 13.1 Å².